The van der Waals surface area contributed by atoms with Crippen molar-refractivity contribution in [1.29, 1.82) is 0 Å². The van der Waals surface area contributed by atoms with Crippen molar-refractivity contribution in [3.05, 3.63) is 46.3 Å². The molecule has 100 valence electrons. The van der Waals surface area contributed by atoms with Crippen molar-refractivity contribution in [3.8, 4) is 0 Å². The maximum absolute atomic E-state index is 10.9. The standard InChI is InChI=1S/C12H13N3O3S/c1-2-13-10-7-9(3-4-11(10)15(16)17)8-19-12-14-5-6-18-12/h3-7,13H,2,8H2,1H3. The monoisotopic (exact) mass is 279 g/mol. The topological polar surface area (TPSA) is 81.2 Å². The first-order chi connectivity index (χ1) is 9.20. The highest BCUT2D eigenvalue weighted by Gasteiger charge is 2.13. The predicted octanol–water partition coefficient (Wildman–Crippen LogP) is 3.31. The molecule has 0 aliphatic carbocycles. The summed E-state index contributed by atoms with van der Waals surface area (Å²) in [5.41, 5.74) is 1.61. The van der Waals surface area contributed by atoms with Gasteiger partial charge in [-0.3, -0.25) is 10.1 Å². The molecule has 0 radical (unpaired) electrons. The van der Waals surface area contributed by atoms with Gasteiger partial charge in [0.2, 0.25) is 0 Å². The van der Waals surface area contributed by atoms with Gasteiger partial charge in [0.1, 0.15) is 12.0 Å². The highest BCUT2D eigenvalue weighted by atomic mass is 32.2. The zero-order chi connectivity index (χ0) is 13.7. The maximum Gasteiger partial charge on any atom is 0.292 e. The molecule has 1 N–H and O–H groups in total. The van der Waals surface area contributed by atoms with Crippen LogP contribution in [0.15, 0.2) is 40.3 Å². The highest BCUT2D eigenvalue weighted by Crippen LogP contribution is 2.28. The van der Waals surface area contributed by atoms with Crippen LogP contribution in [0.25, 0.3) is 0 Å². The van der Waals surface area contributed by atoms with E-state index in [1.54, 1.807) is 18.3 Å². The molecular weight excluding hydrogens is 266 g/mol. The Hall–Kier alpha value is -2.02. The first-order valence-corrected chi connectivity index (χ1v) is 6.72. The lowest BCUT2D eigenvalue weighted by Gasteiger charge is -2.06. The molecule has 0 unspecified atom stereocenters. The summed E-state index contributed by atoms with van der Waals surface area (Å²) in [7, 11) is 0. The van der Waals surface area contributed by atoms with Crippen molar-refractivity contribution in [2.45, 2.75) is 17.9 Å². The van der Waals surface area contributed by atoms with E-state index in [1.807, 2.05) is 6.92 Å². The van der Waals surface area contributed by atoms with Crippen LogP contribution in [0.2, 0.25) is 0 Å². The number of hydrogen-bond acceptors (Lipinski definition) is 6. The van der Waals surface area contributed by atoms with Crippen LogP contribution >= 0.6 is 11.8 Å². The number of aromatic nitrogens is 1. The van der Waals surface area contributed by atoms with Gasteiger partial charge in [-0.2, -0.15) is 0 Å². The fraction of sp³-hybridized carbons (Fsp3) is 0.250. The number of benzene rings is 1. The molecule has 0 aliphatic rings. The lowest BCUT2D eigenvalue weighted by atomic mass is 10.2. The molecule has 2 aromatic rings. The van der Waals surface area contributed by atoms with E-state index >= 15 is 0 Å². The number of nitro groups is 1. The van der Waals surface area contributed by atoms with E-state index in [2.05, 4.69) is 10.3 Å². The molecule has 7 heteroatoms. The van der Waals surface area contributed by atoms with Crippen LogP contribution in [0, 0.1) is 10.1 Å². The van der Waals surface area contributed by atoms with Gasteiger partial charge in [0, 0.05) is 18.4 Å². The molecule has 0 amide bonds. The Morgan fingerprint density at radius 1 is 1.53 bits per heavy atom. The van der Waals surface area contributed by atoms with E-state index < -0.39 is 0 Å². The van der Waals surface area contributed by atoms with Crippen molar-refractivity contribution in [1.82, 2.24) is 4.98 Å². The predicted molar refractivity (Wildman–Crippen MR) is 73.3 cm³/mol. The summed E-state index contributed by atoms with van der Waals surface area (Å²) in [6.07, 6.45) is 3.10. The number of nitrogens with one attached hydrogen (secondary N) is 1. The van der Waals surface area contributed by atoms with Gasteiger partial charge in [-0.1, -0.05) is 17.8 Å². The minimum Gasteiger partial charge on any atom is -0.440 e. The van der Waals surface area contributed by atoms with Gasteiger partial charge >= 0.3 is 0 Å². The molecule has 0 saturated carbocycles. The second-order valence-corrected chi connectivity index (χ2v) is 4.65. The molecule has 1 aromatic carbocycles. The first-order valence-electron chi connectivity index (χ1n) is 5.74. The molecule has 0 aliphatic heterocycles. The maximum atomic E-state index is 10.9. The van der Waals surface area contributed by atoms with Gasteiger partial charge in [-0.25, -0.2) is 4.98 Å². The lowest BCUT2D eigenvalue weighted by Crippen LogP contribution is -2.01. The minimum atomic E-state index is -0.386. The van der Waals surface area contributed by atoms with Crippen molar-refractivity contribution in [3.63, 3.8) is 0 Å². The van der Waals surface area contributed by atoms with E-state index in [0.29, 0.717) is 23.2 Å². The molecule has 0 saturated heterocycles. The van der Waals surface area contributed by atoms with Crippen LogP contribution in [0.4, 0.5) is 11.4 Å². The number of nitrogens with zero attached hydrogens (tertiary/aromatic N) is 2. The fourth-order valence-electron chi connectivity index (χ4n) is 1.59. The summed E-state index contributed by atoms with van der Waals surface area (Å²) in [6.45, 7) is 2.54. The van der Waals surface area contributed by atoms with Crippen LogP contribution in [-0.4, -0.2) is 16.5 Å². The van der Waals surface area contributed by atoms with E-state index in [0.717, 1.165) is 5.56 Å². The highest BCUT2D eigenvalue weighted by molar-refractivity contribution is 7.98. The van der Waals surface area contributed by atoms with Gasteiger partial charge in [0.25, 0.3) is 10.9 Å². The van der Waals surface area contributed by atoms with Crippen LogP contribution in [-0.2, 0) is 5.75 Å². The van der Waals surface area contributed by atoms with Crippen molar-refractivity contribution < 1.29 is 9.34 Å². The average molecular weight is 279 g/mol. The summed E-state index contributed by atoms with van der Waals surface area (Å²) < 4.78 is 5.12. The summed E-state index contributed by atoms with van der Waals surface area (Å²) >= 11 is 1.45. The molecule has 6 nitrogen and oxygen atoms in total. The van der Waals surface area contributed by atoms with Gasteiger partial charge in [-0.15, -0.1) is 0 Å². The van der Waals surface area contributed by atoms with Crippen LogP contribution in [0.3, 0.4) is 0 Å². The number of rotatable bonds is 6. The Kier molecular flexibility index (Phi) is 4.40. The number of nitro benzene ring substituents is 1. The quantitative estimate of drug-likeness (QED) is 0.496. The Morgan fingerprint density at radius 2 is 2.37 bits per heavy atom. The van der Waals surface area contributed by atoms with Gasteiger partial charge in [0.15, 0.2) is 0 Å². The molecular formula is C12H13N3O3S. The Morgan fingerprint density at radius 3 is 3.00 bits per heavy atom. The third-order valence-corrected chi connectivity index (χ3v) is 3.32. The van der Waals surface area contributed by atoms with Crippen LogP contribution < -0.4 is 5.32 Å². The molecule has 2 rings (SSSR count). The van der Waals surface area contributed by atoms with Gasteiger partial charge in [-0.05, 0) is 18.6 Å². The number of anilines is 1. The zero-order valence-electron chi connectivity index (χ0n) is 10.3. The SMILES string of the molecule is CCNc1cc(CSc2ncco2)ccc1[N+](=O)[O-]. The molecule has 1 heterocycles. The Balaban J connectivity index is 2.13. The van der Waals surface area contributed by atoms with E-state index in [4.69, 9.17) is 4.42 Å². The zero-order valence-corrected chi connectivity index (χ0v) is 11.1. The molecule has 0 spiro atoms. The van der Waals surface area contributed by atoms with Gasteiger partial charge in [0.05, 0.1) is 11.1 Å². The number of oxazole rings is 1. The van der Waals surface area contributed by atoms with E-state index in [1.165, 1.54) is 24.1 Å². The lowest BCUT2D eigenvalue weighted by molar-refractivity contribution is -0.384. The summed E-state index contributed by atoms with van der Waals surface area (Å²) in [4.78, 5) is 14.5. The van der Waals surface area contributed by atoms with Crippen LogP contribution in [0.5, 0.6) is 0 Å². The fourth-order valence-corrected chi connectivity index (χ4v) is 2.32. The van der Waals surface area contributed by atoms with Crippen molar-refractivity contribution >= 4 is 23.1 Å². The minimum absolute atomic E-state index is 0.0896. The van der Waals surface area contributed by atoms with Gasteiger partial charge < -0.3 is 9.73 Å². The van der Waals surface area contributed by atoms with E-state index in [9.17, 15) is 10.1 Å². The van der Waals surface area contributed by atoms with Crippen molar-refractivity contribution in [2.24, 2.45) is 0 Å². The smallest absolute Gasteiger partial charge is 0.292 e. The third-order valence-electron chi connectivity index (χ3n) is 2.40. The average Bonchev–Trinajstić information content (AvgIpc) is 2.90. The van der Waals surface area contributed by atoms with E-state index in [-0.39, 0.29) is 10.6 Å². The molecule has 19 heavy (non-hydrogen) atoms. The van der Waals surface area contributed by atoms with Crippen LogP contribution in [0.1, 0.15) is 12.5 Å². The molecule has 0 bridgehead atoms. The Bertz CT molecular complexity index is 557. The number of thioether (sulfide) groups is 1. The largest absolute Gasteiger partial charge is 0.440 e. The van der Waals surface area contributed by atoms with Crippen molar-refractivity contribution in [2.75, 3.05) is 11.9 Å². The molecule has 0 fully saturated rings. The Labute approximate surface area is 114 Å². The summed E-state index contributed by atoms with van der Waals surface area (Å²) in [6, 6.07) is 5.05. The summed E-state index contributed by atoms with van der Waals surface area (Å²) in [5, 5.41) is 14.5. The number of hydrogen-bond donors (Lipinski definition) is 1. The first kappa shape index (κ1) is 13.4. The third kappa shape index (κ3) is 3.47. The normalized spacial score (nSPS) is 10.4. The molecule has 0 atom stereocenters. The second kappa shape index (κ2) is 6.24. The second-order valence-electron chi connectivity index (χ2n) is 3.73. The summed E-state index contributed by atoms with van der Waals surface area (Å²) in [5.74, 6) is 0.650. The molecule has 1 aromatic heterocycles.